The van der Waals surface area contributed by atoms with Crippen LogP contribution in [0, 0.1) is 0 Å². The number of hydrogen-bond acceptors (Lipinski definition) is 4. The summed E-state index contributed by atoms with van der Waals surface area (Å²) in [5, 5.41) is 9.61. The van der Waals surface area contributed by atoms with E-state index in [1.165, 1.54) is 19.2 Å². The maximum atomic E-state index is 11.0. The molecule has 0 aliphatic heterocycles. The van der Waals surface area contributed by atoms with Crippen LogP contribution in [0.25, 0.3) is 0 Å². The molecule has 0 aromatic heterocycles. The summed E-state index contributed by atoms with van der Waals surface area (Å²) in [6, 6.07) is 2.64. The smallest absolute Gasteiger partial charge is 0.341 e. The molecule has 0 radical (unpaired) electrons. The molecule has 78 valence electrons. The Morgan fingerprint density at radius 2 is 2.14 bits per heavy atom. The van der Waals surface area contributed by atoms with Crippen molar-refractivity contribution in [1.82, 2.24) is 0 Å². The Bertz CT molecular complexity index is 355. The Labute approximate surface area is 92.0 Å². The molecule has 0 amide bonds. The first kappa shape index (κ1) is 12.9. The van der Waals surface area contributed by atoms with Crippen LogP contribution in [0.3, 0.4) is 0 Å². The maximum absolute atomic E-state index is 11.0. The van der Waals surface area contributed by atoms with Gasteiger partial charge in [-0.15, -0.1) is 0 Å². The molecule has 0 heterocycles. The van der Waals surface area contributed by atoms with Gasteiger partial charge >= 0.3 is 5.97 Å². The molecule has 0 saturated heterocycles. The minimum Gasteiger partial charge on any atom is -1.00 e. The first-order valence-electron chi connectivity index (χ1n) is 3.42. The van der Waals surface area contributed by atoms with Gasteiger partial charge in [-0.2, -0.15) is 0 Å². The molecule has 1 aromatic carbocycles. The van der Waals surface area contributed by atoms with E-state index in [4.69, 9.17) is 17.3 Å². The van der Waals surface area contributed by atoms with Crippen molar-refractivity contribution in [2.45, 2.75) is 0 Å². The molecule has 0 unspecified atom stereocenters. The highest BCUT2D eigenvalue weighted by Gasteiger charge is 2.14. The van der Waals surface area contributed by atoms with Crippen molar-refractivity contribution in [3.8, 4) is 5.75 Å². The van der Waals surface area contributed by atoms with Crippen molar-refractivity contribution >= 4 is 23.3 Å². The van der Waals surface area contributed by atoms with E-state index in [2.05, 4.69) is 4.74 Å². The summed E-state index contributed by atoms with van der Waals surface area (Å²) in [5.41, 5.74) is 5.39. The van der Waals surface area contributed by atoms with Crippen molar-refractivity contribution in [1.29, 1.82) is 0 Å². The van der Waals surface area contributed by atoms with Crippen LogP contribution < -0.4 is 18.1 Å². The quantitative estimate of drug-likeness (QED) is 0.351. The molecule has 0 bridgehead atoms. The minimum atomic E-state index is -0.674. The minimum absolute atomic E-state index is 0. The lowest BCUT2D eigenvalue weighted by atomic mass is 10.2. The molecule has 1 rings (SSSR count). The second kappa shape index (κ2) is 4.93. The Kier molecular flexibility index (Phi) is 4.53. The number of nitrogen functional groups attached to an aromatic ring is 1. The highest BCUT2D eigenvalue weighted by atomic mass is 35.5. The lowest BCUT2D eigenvalue weighted by molar-refractivity contribution is -0.0000189. The maximum Gasteiger partial charge on any atom is 0.341 e. The second-order valence-corrected chi connectivity index (χ2v) is 2.82. The number of aromatic hydroxyl groups is 1. The van der Waals surface area contributed by atoms with Crippen molar-refractivity contribution in [3.63, 3.8) is 0 Å². The number of benzene rings is 1. The third-order valence-corrected chi connectivity index (χ3v) is 1.73. The number of phenols is 1. The number of hydrogen-bond donors (Lipinski definition) is 2. The Balaban J connectivity index is 0.00000169. The average molecular weight is 237 g/mol. The second-order valence-electron chi connectivity index (χ2n) is 2.38. The lowest BCUT2D eigenvalue weighted by Gasteiger charge is -2.05. The fourth-order valence-electron chi connectivity index (χ4n) is 0.886. The van der Waals surface area contributed by atoms with E-state index in [-0.39, 0.29) is 34.4 Å². The third-order valence-electron chi connectivity index (χ3n) is 1.51. The van der Waals surface area contributed by atoms with Crippen LogP contribution in [-0.4, -0.2) is 18.2 Å². The van der Waals surface area contributed by atoms with E-state index in [9.17, 15) is 9.90 Å². The first-order valence-corrected chi connectivity index (χ1v) is 3.80. The first-order chi connectivity index (χ1) is 6.06. The number of ether oxygens (including phenoxy) is 1. The number of rotatable bonds is 1. The molecule has 0 aliphatic carbocycles. The summed E-state index contributed by atoms with van der Waals surface area (Å²) in [6.45, 7) is 0. The molecule has 0 saturated carbocycles. The fraction of sp³-hybridized carbons (Fsp3) is 0.125. The molecule has 1 aromatic rings. The fourth-order valence-corrected chi connectivity index (χ4v) is 1.11. The predicted octanol–water partition coefficient (Wildman–Crippen LogP) is -1.58. The number of carbonyl (C=O) groups is 1. The average Bonchev–Trinajstić information content (AvgIpc) is 2.10. The zero-order valence-electron chi connectivity index (χ0n) is 7.25. The van der Waals surface area contributed by atoms with Crippen LogP contribution in [-0.2, 0) is 4.74 Å². The van der Waals surface area contributed by atoms with Crippen LogP contribution >= 0.6 is 11.6 Å². The van der Waals surface area contributed by atoms with Crippen molar-refractivity contribution < 1.29 is 27.0 Å². The van der Waals surface area contributed by atoms with Gasteiger partial charge in [0.25, 0.3) is 0 Å². The van der Waals surface area contributed by atoms with Crippen LogP contribution in [0.1, 0.15) is 10.4 Å². The van der Waals surface area contributed by atoms with Crippen molar-refractivity contribution in [2.24, 2.45) is 0 Å². The van der Waals surface area contributed by atoms with Gasteiger partial charge in [0, 0.05) is 5.02 Å². The van der Waals surface area contributed by atoms with E-state index >= 15 is 0 Å². The van der Waals surface area contributed by atoms with Gasteiger partial charge in [0.2, 0.25) is 0 Å². The number of carbonyl (C=O) groups excluding carboxylic acids is 1. The Morgan fingerprint density at radius 3 is 2.64 bits per heavy atom. The molecule has 4 nitrogen and oxygen atoms in total. The number of halogens is 2. The van der Waals surface area contributed by atoms with Crippen LogP contribution in [0.4, 0.5) is 5.69 Å². The summed E-state index contributed by atoms with van der Waals surface area (Å²) in [4.78, 5) is 11.0. The summed E-state index contributed by atoms with van der Waals surface area (Å²) in [6.07, 6.45) is 0. The number of esters is 1. The van der Waals surface area contributed by atoms with Crippen LogP contribution in [0.5, 0.6) is 5.75 Å². The van der Waals surface area contributed by atoms with E-state index in [1.807, 2.05) is 0 Å². The number of methoxy groups -OCH3 is 1. The molecule has 0 aliphatic rings. The molecule has 14 heavy (non-hydrogen) atoms. The Morgan fingerprint density at radius 1 is 1.57 bits per heavy atom. The summed E-state index contributed by atoms with van der Waals surface area (Å²) < 4.78 is 4.41. The van der Waals surface area contributed by atoms with E-state index in [1.54, 1.807) is 0 Å². The van der Waals surface area contributed by atoms with E-state index in [0.29, 0.717) is 0 Å². The molecule has 0 spiro atoms. The van der Waals surface area contributed by atoms with Gasteiger partial charge in [-0.3, -0.25) is 0 Å². The zero-order chi connectivity index (χ0) is 10.0. The van der Waals surface area contributed by atoms with Gasteiger partial charge in [-0.25, -0.2) is 4.79 Å². The van der Waals surface area contributed by atoms with Gasteiger partial charge in [0.15, 0.2) is 5.75 Å². The highest BCUT2D eigenvalue weighted by Crippen LogP contribution is 2.29. The van der Waals surface area contributed by atoms with Gasteiger partial charge in [0.1, 0.15) is 5.56 Å². The molecular weight excluding hydrogens is 229 g/mol. The normalized spacial score (nSPS) is 9.00. The van der Waals surface area contributed by atoms with E-state index in [0.717, 1.165) is 0 Å². The van der Waals surface area contributed by atoms with Crippen LogP contribution in [0.2, 0.25) is 5.02 Å². The molecular formula is C8H8Cl2NO3-. The molecule has 0 fully saturated rings. The largest absolute Gasteiger partial charge is 1.00 e. The number of nitrogens with two attached hydrogens (primary N) is 1. The topological polar surface area (TPSA) is 72.5 Å². The summed E-state index contributed by atoms with van der Waals surface area (Å²) in [7, 11) is 1.21. The standard InChI is InChI=1S/C8H8ClNO3.ClH/c1-13-8(12)5-2-4(9)3-6(10)7(5)11;/h2-3,11H,10H2,1H3;1H/p-1. The number of anilines is 1. The van der Waals surface area contributed by atoms with E-state index < -0.39 is 5.97 Å². The molecule has 3 N–H and O–H groups in total. The van der Waals surface area contributed by atoms with Crippen molar-refractivity contribution in [2.75, 3.05) is 12.8 Å². The van der Waals surface area contributed by atoms with Gasteiger partial charge in [-0.05, 0) is 12.1 Å². The predicted molar refractivity (Wildman–Crippen MR) is 48.9 cm³/mol. The SMILES string of the molecule is COC(=O)c1cc(Cl)cc(N)c1O.[Cl-]. The highest BCUT2D eigenvalue weighted by molar-refractivity contribution is 6.31. The number of phenolic OH excluding ortho intramolecular Hbond substituents is 1. The molecule has 6 heteroatoms. The Hall–Kier alpha value is -1.13. The monoisotopic (exact) mass is 236 g/mol. The van der Waals surface area contributed by atoms with Crippen molar-refractivity contribution in [3.05, 3.63) is 22.7 Å². The third kappa shape index (κ3) is 2.43. The van der Waals surface area contributed by atoms with Gasteiger partial charge in [0.05, 0.1) is 12.8 Å². The molecule has 0 atom stereocenters. The zero-order valence-corrected chi connectivity index (χ0v) is 8.76. The summed E-state index contributed by atoms with van der Waals surface area (Å²) in [5.74, 6) is -0.983. The van der Waals surface area contributed by atoms with Gasteiger partial charge in [-0.1, -0.05) is 11.6 Å². The lowest BCUT2D eigenvalue weighted by Crippen LogP contribution is -3.00. The van der Waals surface area contributed by atoms with Crippen LogP contribution in [0.15, 0.2) is 12.1 Å². The van der Waals surface area contributed by atoms with Gasteiger partial charge < -0.3 is 28.0 Å². The summed E-state index contributed by atoms with van der Waals surface area (Å²) >= 11 is 5.62.